The van der Waals surface area contributed by atoms with Crippen molar-refractivity contribution in [2.75, 3.05) is 6.54 Å². The first kappa shape index (κ1) is 17.0. The van der Waals surface area contributed by atoms with E-state index in [0.717, 1.165) is 24.0 Å². The van der Waals surface area contributed by atoms with Crippen LogP contribution in [0.1, 0.15) is 29.5 Å². The zero-order valence-corrected chi connectivity index (χ0v) is 14.1. The highest BCUT2D eigenvalue weighted by Gasteiger charge is 2.05. The Morgan fingerprint density at radius 2 is 2.12 bits per heavy atom. The van der Waals surface area contributed by atoms with Crippen LogP contribution >= 0.6 is 0 Å². The summed E-state index contributed by atoms with van der Waals surface area (Å²) in [7, 11) is 0. The van der Waals surface area contributed by atoms with Gasteiger partial charge in [-0.2, -0.15) is 10.1 Å². The highest BCUT2D eigenvalue weighted by molar-refractivity contribution is 5.76. The van der Waals surface area contributed by atoms with Crippen LogP contribution < -0.4 is 5.32 Å². The Hall–Kier alpha value is -2.83. The molecule has 3 aromatic rings. The smallest absolute Gasteiger partial charge is 0.252 e. The van der Waals surface area contributed by atoms with E-state index in [1.165, 1.54) is 12.4 Å². The SMILES string of the molecule is Cc1cc(CCC(=O)NCCCc2cnc3ncnn3c2)ccc1F. The Bertz CT molecular complexity index is 877. The first-order valence-corrected chi connectivity index (χ1v) is 8.28. The second-order valence-corrected chi connectivity index (χ2v) is 6.00. The number of rotatable bonds is 7. The molecule has 0 saturated carbocycles. The van der Waals surface area contributed by atoms with Crippen molar-refractivity contribution in [3.8, 4) is 0 Å². The molecule has 6 nitrogen and oxygen atoms in total. The van der Waals surface area contributed by atoms with Crippen molar-refractivity contribution in [1.29, 1.82) is 0 Å². The largest absolute Gasteiger partial charge is 0.356 e. The fourth-order valence-corrected chi connectivity index (χ4v) is 2.62. The Labute approximate surface area is 145 Å². The maximum Gasteiger partial charge on any atom is 0.252 e. The van der Waals surface area contributed by atoms with E-state index in [2.05, 4.69) is 20.4 Å². The highest BCUT2D eigenvalue weighted by Crippen LogP contribution is 2.11. The molecule has 0 radical (unpaired) electrons. The number of carbonyl (C=O) groups is 1. The molecular weight excluding hydrogens is 321 g/mol. The minimum atomic E-state index is -0.216. The zero-order chi connectivity index (χ0) is 17.6. The average Bonchev–Trinajstić information content (AvgIpc) is 3.07. The van der Waals surface area contributed by atoms with Gasteiger partial charge in [0.25, 0.3) is 5.78 Å². The zero-order valence-electron chi connectivity index (χ0n) is 14.1. The van der Waals surface area contributed by atoms with Gasteiger partial charge < -0.3 is 5.32 Å². The van der Waals surface area contributed by atoms with E-state index in [4.69, 9.17) is 0 Å². The van der Waals surface area contributed by atoms with E-state index >= 15 is 0 Å². The highest BCUT2D eigenvalue weighted by atomic mass is 19.1. The van der Waals surface area contributed by atoms with E-state index in [1.807, 2.05) is 6.20 Å². The minimum absolute atomic E-state index is 0.00633. The summed E-state index contributed by atoms with van der Waals surface area (Å²) >= 11 is 0. The van der Waals surface area contributed by atoms with Gasteiger partial charge in [0.1, 0.15) is 12.1 Å². The second-order valence-electron chi connectivity index (χ2n) is 6.00. The summed E-state index contributed by atoms with van der Waals surface area (Å²) < 4.78 is 14.9. The second kappa shape index (κ2) is 7.83. The Morgan fingerprint density at radius 3 is 2.96 bits per heavy atom. The van der Waals surface area contributed by atoms with Crippen LogP contribution in [0.15, 0.2) is 36.9 Å². The number of aryl methyl sites for hydroxylation is 3. The number of benzene rings is 1. The lowest BCUT2D eigenvalue weighted by atomic mass is 10.1. The van der Waals surface area contributed by atoms with Crippen LogP contribution in [0.4, 0.5) is 4.39 Å². The van der Waals surface area contributed by atoms with Gasteiger partial charge in [0.15, 0.2) is 0 Å². The van der Waals surface area contributed by atoms with E-state index in [1.54, 1.807) is 29.8 Å². The van der Waals surface area contributed by atoms with Crippen LogP contribution in [-0.4, -0.2) is 32.0 Å². The van der Waals surface area contributed by atoms with Crippen LogP contribution in [0.2, 0.25) is 0 Å². The summed E-state index contributed by atoms with van der Waals surface area (Å²) in [6, 6.07) is 4.96. The standard InChI is InChI=1S/C18H20FN5O/c1-13-9-14(4-6-16(13)19)5-7-17(25)20-8-2-3-15-10-21-18-22-12-23-24(18)11-15/h4,6,9-12H,2-3,5,7-8H2,1H3,(H,20,25). The number of carbonyl (C=O) groups excluding carboxylic acids is 1. The van der Waals surface area contributed by atoms with Crippen molar-refractivity contribution in [3.63, 3.8) is 0 Å². The molecule has 0 unspecified atom stereocenters. The number of hydrogen-bond acceptors (Lipinski definition) is 4. The summed E-state index contributed by atoms with van der Waals surface area (Å²) in [6.07, 6.45) is 7.78. The molecule has 1 N–H and O–H groups in total. The topological polar surface area (TPSA) is 72.2 Å². The van der Waals surface area contributed by atoms with E-state index in [0.29, 0.717) is 30.7 Å². The third kappa shape index (κ3) is 4.59. The molecule has 0 fully saturated rings. The minimum Gasteiger partial charge on any atom is -0.356 e. The molecule has 2 heterocycles. The van der Waals surface area contributed by atoms with Crippen LogP contribution in [0.3, 0.4) is 0 Å². The summed E-state index contributed by atoms with van der Waals surface area (Å²) in [5.74, 6) is 0.367. The molecule has 0 saturated heterocycles. The van der Waals surface area contributed by atoms with Gasteiger partial charge in [-0.3, -0.25) is 4.79 Å². The molecule has 1 aromatic carbocycles. The number of hydrogen-bond donors (Lipinski definition) is 1. The molecule has 7 heteroatoms. The maximum absolute atomic E-state index is 13.2. The molecule has 0 aliphatic heterocycles. The lowest BCUT2D eigenvalue weighted by molar-refractivity contribution is -0.121. The molecule has 0 atom stereocenters. The van der Waals surface area contributed by atoms with E-state index < -0.39 is 0 Å². The van der Waals surface area contributed by atoms with Crippen molar-refractivity contribution < 1.29 is 9.18 Å². The predicted molar refractivity (Wildman–Crippen MR) is 91.6 cm³/mol. The van der Waals surface area contributed by atoms with Gasteiger partial charge in [0, 0.05) is 25.4 Å². The van der Waals surface area contributed by atoms with Crippen molar-refractivity contribution in [2.24, 2.45) is 0 Å². The number of nitrogens with zero attached hydrogens (tertiary/aromatic N) is 4. The van der Waals surface area contributed by atoms with Gasteiger partial charge in [-0.05, 0) is 48.9 Å². The monoisotopic (exact) mass is 341 g/mol. The third-order valence-corrected chi connectivity index (χ3v) is 4.02. The Balaban J connectivity index is 1.38. The normalized spacial score (nSPS) is 11.0. The van der Waals surface area contributed by atoms with Crippen molar-refractivity contribution in [3.05, 3.63) is 59.4 Å². The molecule has 0 aliphatic rings. The van der Waals surface area contributed by atoms with Gasteiger partial charge >= 0.3 is 0 Å². The molecular formula is C18H20FN5O. The fraction of sp³-hybridized carbons (Fsp3) is 0.333. The van der Waals surface area contributed by atoms with Gasteiger partial charge in [-0.25, -0.2) is 13.9 Å². The predicted octanol–water partition coefficient (Wildman–Crippen LogP) is 2.25. The van der Waals surface area contributed by atoms with Gasteiger partial charge in [0.2, 0.25) is 5.91 Å². The molecule has 130 valence electrons. The van der Waals surface area contributed by atoms with Crippen molar-refractivity contribution in [2.45, 2.75) is 32.6 Å². The number of halogens is 1. The van der Waals surface area contributed by atoms with Gasteiger partial charge in [-0.15, -0.1) is 0 Å². The number of fused-ring (bicyclic) bond motifs is 1. The van der Waals surface area contributed by atoms with Gasteiger partial charge in [0.05, 0.1) is 0 Å². The summed E-state index contributed by atoms with van der Waals surface area (Å²) in [4.78, 5) is 20.1. The van der Waals surface area contributed by atoms with Crippen LogP contribution in [-0.2, 0) is 17.6 Å². The van der Waals surface area contributed by atoms with Crippen LogP contribution in [0.5, 0.6) is 0 Å². The molecule has 3 rings (SSSR count). The molecule has 25 heavy (non-hydrogen) atoms. The molecule has 2 aromatic heterocycles. The quantitative estimate of drug-likeness (QED) is 0.669. The van der Waals surface area contributed by atoms with Crippen molar-refractivity contribution >= 4 is 11.7 Å². The first-order valence-electron chi connectivity index (χ1n) is 8.28. The average molecular weight is 341 g/mol. The third-order valence-electron chi connectivity index (χ3n) is 4.02. The van der Waals surface area contributed by atoms with E-state index in [9.17, 15) is 9.18 Å². The summed E-state index contributed by atoms with van der Waals surface area (Å²) in [6.45, 7) is 2.33. The Kier molecular flexibility index (Phi) is 5.33. The van der Waals surface area contributed by atoms with Crippen molar-refractivity contribution in [1.82, 2.24) is 24.9 Å². The van der Waals surface area contributed by atoms with Gasteiger partial charge in [-0.1, -0.05) is 12.1 Å². The number of amides is 1. The van der Waals surface area contributed by atoms with E-state index in [-0.39, 0.29) is 11.7 Å². The first-order chi connectivity index (χ1) is 12.1. The maximum atomic E-state index is 13.2. The molecule has 1 amide bonds. The fourth-order valence-electron chi connectivity index (χ4n) is 2.62. The van der Waals surface area contributed by atoms with Crippen LogP contribution in [0, 0.1) is 12.7 Å². The lowest BCUT2D eigenvalue weighted by Crippen LogP contribution is -2.25. The lowest BCUT2D eigenvalue weighted by Gasteiger charge is -2.06. The summed E-state index contributed by atoms with van der Waals surface area (Å²) in [5, 5.41) is 6.96. The molecule has 0 aliphatic carbocycles. The molecule has 0 bridgehead atoms. The number of aromatic nitrogens is 4. The van der Waals surface area contributed by atoms with Crippen LogP contribution in [0.25, 0.3) is 5.78 Å². The Morgan fingerprint density at radius 1 is 1.24 bits per heavy atom. The molecule has 0 spiro atoms. The summed E-state index contributed by atoms with van der Waals surface area (Å²) in [5.41, 5.74) is 2.63. The number of nitrogens with one attached hydrogen (secondary N) is 1.